The molecule has 0 saturated carbocycles. The fraction of sp³-hybridized carbons (Fsp3) is 0.889. The Hall–Kier alpha value is -1.08. The van der Waals surface area contributed by atoms with Crippen LogP contribution in [0.4, 0.5) is 4.79 Å². The van der Waals surface area contributed by atoms with Crippen LogP contribution in [-0.4, -0.2) is 58.1 Å². The van der Waals surface area contributed by atoms with Crippen molar-refractivity contribution in [3.05, 3.63) is 0 Å². The highest BCUT2D eigenvalue weighted by atomic mass is 28.2. The van der Waals surface area contributed by atoms with E-state index in [1.165, 1.54) is 7.11 Å². The Kier molecular flexibility index (Phi) is 6.73. The van der Waals surface area contributed by atoms with Gasteiger partial charge in [0.05, 0.1) is 18.6 Å². The summed E-state index contributed by atoms with van der Waals surface area (Å²) in [4.78, 5) is 26.3. The molecule has 7 heteroatoms. The summed E-state index contributed by atoms with van der Waals surface area (Å²) in [6.07, 6.45) is -0.396. The minimum atomic E-state index is -0.792. The van der Waals surface area contributed by atoms with E-state index in [4.69, 9.17) is 13.9 Å². The zero-order chi connectivity index (χ0) is 19.6. The topological polar surface area (TPSA) is 65.1 Å². The summed E-state index contributed by atoms with van der Waals surface area (Å²) < 4.78 is 16.7. The van der Waals surface area contributed by atoms with E-state index in [9.17, 15) is 9.59 Å². The van der Waals surface area contributed by atoms with E-state index in [2.05, 4.69) is 20.8 Å². The van der Waals surface area contributed by atoms with Gasteiger partial charge in [-0.15, -0.1) is 0 Å². The third-order valence-electron chi connectivity index (χ3n) is 4.25. The molecule has 1 aliphatic heterocycles. The fourth-order valence-electron chi connectivity index (χ4n) is 2.88. The van der Waals surface area contributed by atoms with Gasteiger partial charge in [0.2, 0.25) is 0 Å². The van der Waals surface area contributed by atoms with Crippen LogP contribution >= 0.6 is 0 Å². The van der Waals surface area contributed by atoms with Crippen LogP contribution in [-0.2, 0) is 18.7 Å². The number of hydrogen-bond acceptors (Lipinski definition) is 5. The molecule has 1 heterocycles. The van der Waals surface area contributed by atoms with Crippen molar-refractivity contribution in [2.24, 2.45) is 11.8 Å². The molecule has 0 radical (unpaired) electrons. The number of rotatable bonds is 4. The molecule has 1 rings (SSSR count). The molecule has 1 amide bonds. The molecule has 1 fully saturated rings. The van der Waals surface area contributed by atoms with Crippen LogP contribution in [0.2, 0.25) is 5.04 Å². The average molecular weight is 374 g/mol. The van der Waals surface area contributed by atoms with Crippen LogP contribution in [0.15, 0.2) is 0 Å². The van der Waals surface area contributed by atoms with Crippen LogP contribution in [0.1, 0.15) is 55.4 Å². The first-order valence-corrected chi connectivity index (χ1v) is 10.1. The molecule has 0 N–H and O–H groups in total. The van der Waals surface area contributed by atoms with Gasteiger partial charge in [-0.1, -0.05) is 20.8 Å². The molecule has 6 nitrogen and oxygen atoms in total. The van der Waals surface area contributed by atoms with Crippen molar-refractivity contribution in [3.63, 3.8) is 0 Å². The van der Waals surface area contributed by atoms with Crippen molar-refractivity contribution in [1.29, 1.82) is 0 Å². The molecular formula is C18H35NO5Si. The summed E-state index contributed by atoms with van der Waals surface area (Å²) in [5.74, 6) is -0.825. The molecule has 0 aromatic rings. The molecule has 0 unspecified atom stereocenters. The summed E-state index contributed by atoms with van der Waals surface area (Å²) in [5.41, 5.74) is -1.07. The van der Waals surface area contributed by atoms with Gasteiger partial charge in [-0.2, -0.15) is 0 Å². The van der Waals surface area contributed by atoms with Crippen LogP contribution in [0.25, 0.3) is 0 Å². The van der Waals surface area contributed by atoms with Crippen LogP contribution in [0.3, 0.4) is 0 Å². The highest BCUT2D eigenvalue weighted by Gasteiger charge is 2.49. The van der Waals surface area contributed by atoms with Gasteiger partial charge in [0.25, 0.3) is 0 Å². The summed E-state index contributed by atoms with van der Waals surface area (Å²) in [6.45, 7) is 16.7. The third-order valence-corrected chi connectivity index (χ3v) is 6.00. The smallest absolute Gasteiger partial charge is 0.410 e. The molecule has 2 atom stereocenters. The second-order valence-electron chi connectivity index (χ2n) is 9.57. The van der Waals surface area contributed by atoms with Gasteiger partial charge < -0.3 is 18.8 Å². The summed E-state index contributed by atoms with van der Waals surface area (Å²) in [7, 11) is 0.590. The minimum absolute atomic E-state index is 0.123. The van der Waals surface area contributed by atoms with E-state index >= 15 is 0 Å². The fourth-order valence-corrected chi connectivity index (χ4v) is 3.90. The molecule has 0 spiro atoms. The van der Waals surface area contributed by atoms with E-state index in [0.717, 1.165) is 0 Å². The van der Waals surface area contributed by atoms with Gasteiger partial charge in [0.1, 0.15) is 5.60 Å². The van der Waals surface area contributed by atoms with Crippen molar-refractivity contribution >= 4 is 21.8 Å². The van der Waals surface area contributed by atoms with Gasteiger partial charge in [-0.3, -0.25) is 4.79 Å². The normalized spacial score (nSPS) is 22.5. The molecule has 146 valence electrons. The number of esters is 1. The first kappa shape index (κ1) is 22.0. The van der Waals surface area contributed by atoms with Gasteiger partial charge in [0.15, 0.2) is 9.76 Å². The number of nitrogens with zero attached hydrogens (tertiary/aromatic N) is 1. The van der Waals surface area contributed by atoms with Crippen molar-refractivity contribution in [2.75, 3.05) is 20.2 Å². The lowest BCUT2D eigenvalue weighted by molar-refractivity contribution is -0.148. The highest BCUT2D eigenvalue weighted by molar-refractivity contribution is 6.31. The highest BCUT2D eigenvalue weighted by Crippen LogP contribution is 2.37. The van der Waals surface area contributed by atoms with E-state index in [1.807, 2.05) is 34.6 Å². The third kappa shape index (κ3) is 6.62. The van der Waals surface area contributed by atoms with Gasteiger partial charge >= 0.3 is 12.1 Å². The number of carbonyl (C=O) groups is 2. The van der Waals surface area contributed by atoms with Crippen LogP contribution in [0.5, 0.6) is 0 Å². The largest absolute Gasteiger partial charge is 0.469 e. The van der Waals surface area contributed by atoms with Gasteiger partial charge in [0, 0.05) is 19.0 Å². The molecule has 1 saturated heterocycles. The van der Waals surface area contributed by atoms with Crippen LogP contribution in [0, 0.1) is 11.8 Å². The van der Waals surface area contributed by atoms with Crippen LogP contribution < -0.4 is 0 Å². The van der Waals surface area contributed by atoms with Crippen molar-refractivity contribution in [3.8, 4) is 0 Å². The number of carbonyl (C=O) groups excluding carboxylic acids is 2. The number of methoxy groups -OCH3 is 1. The van der Waals surface area contributed by atoms with E-state index < -0.39 is 33.0 Å². The van der Waals surface area contributed by atoms with Crippen molar-refractivity contribution in [1.82, 2.24) is 4.90 Å². The van der Waals surface area contributed by atoms with Crippen molar-refractivity contribution < 1.29 is 23.5 Å². The zero-order valence-corrected chi connectivity index (χ0v) is 18.7. The predicted molar refractivity (Wildman–Crippen MR) is 100 cm³/mol. The maximum atomic E-state index is 12.4. The van der Waals surface area contributed by atoms with Crippen molar-refractivity contribution in [2.45, 2.75) is 71.6 Å². The lowest BCUT2D eigenvalue weighted by Crippen LogP contribution is -2.44. The zero-order valence-electron chi connectivity index (χ0n) is 17.3. The Bertz CT molecular complexity index is 493. The minimum Gasteiger partial charge on any atom is -0.469 e. The Morgan fingerprint density at radius 1 is 1.00 bits per heavy atom. The Labute approximate surface area is 154 Å². The molecule has 0 aliphatic carbocycles. The average Bonchev–Trinajstić information content (AvgIpc) is 2.88. The lowest BCUT2D eigenvalue weighted by atomic mass is 9.83. The Morgan fingerprint density at radius 3 is 2.00 bits per heavy atom. The first-order chi connectivity index (χ1) is 11.2. The first-order valence-electron chi connectivity index (χ1n) is 8.86. The molecular weight excluding hydrogens is 338 g/mol. The predicted octanol–water partition coefficient (Wildman–Crippen LogP) is 2.74. The Balaban J connectivity index is 2.94. The van der Waals surface area contributed by atoms with Gasteiger partial charge in [-0.05, 0) is 39.7 Å². The quantitative estimate of drug-likeness (QED) is 0.560. The number of amides is 1. The van der Waals surface area contributed by atoms with Gasteiger partial charge in [-0.25, -0.2) is 4.79 Å². The maximum Gasteiger partial charge on any atom is 0.410 e. The lowest BCUT2D eigenvalue weighted by Gasteiger charge is -2.36. The van der Waals surface area contributed by atoms with E-state index in [1.54, 1.807) is 4.90 Å². The molecule has 25 heavy (non-hydrogen) atoms. The second-order valence-corrected chi connectivity index (χ2v) is 12.3. The Morgan fingerprint density at radius 2 is 1.56 bits per heavy atom. The molecule has 1 aliphatic rings. The van der Waals surface area contributed by atoms with E-state index in [0.29, 0.717) is 13.1 Å². The standard InChI is InChI=1S/C18H35NO5Si/c1-16(2,3)23-15(21)19-10-12(14(20)22-9)13(11-19)18(7,8)24-25-17(4,5)6/h12-13H,10-11,25H2,1-9H3/t12-,13-/m0/s1. The number of hydrogen-bond donors (Lipinski definition) is 0. The number of likely N-dealkylation sites (tertiary alicyclic amines) is 1. The molecule has 0 aromatic carbocycles. The SMILES string of the molecule is COC(=O)[C@H]1CN(C(=O)OC(C)(C)C)C[C@@H]1C(C)(C)O[SiH2]C(C)(C)C. The summed E-state index contributed by atoms with van der Waals surface area (Å²) in [6, 6.07) is 0. The second kappa shape index (κ2) is 7.66. The summed E-state index contributed by atoms with van der Waals surface area (Å²) >= 11 is 0. The number of ether oxygens (including phenoxy) is 2. The monoisotopic (exact) mass is 373 g/mol. The summed E-state index contributed by atoms with van der Waals surface area (Å²) in [5, 5.41) is 0.154. The molecule has 0 aromatic heterocycles. The molecule has 0 bridgehead atoms. The van der Waals surface area contributed by atoms with E-state index in [-0.39, 0.29) is 16.9 Å². The maximum absolute atomic E-state index is 12.4.